The second-order valence-corrected chi connectivity index (χ2v) is 3.67. The van der Waals surface area contributed by atoms with E-state index in [1.54, 1.807) is 0 Å². The van der Waals surface area contributed by atoms with Crippen LogP contribution in [0.25, 0.3) is 0 Å². The molecular formula is C12H18NO2+. The van der Waals surface area contributed by atoms with E-state index >= 15 is 0 Å². The topological polar surface area (TPSA) is 37.3 Å². The third-order valence-electron chi connectivity index (χ3n) is 2.95. The molecule has 0 aromatic heterocycles. The van der Waals surface area contributed by atoms with Crippen molar-refractivity contribution in [1.82, 2.24) is 4.48 Å². The van der Waals surface area contributed by atoms with Gasteiger partial charge in [-0.05, 0) is 26.0 Å². The number of hydrogen-bond acceptors (Lipinski definition) is 1. The van der Waals surface area contributed by atoms with Crippen molar-refractivity contribution in [3.63, 3.8) is 0 Å². The molecule has 82 valence electrons. The molecule has 0 spiro atoms. The van der Waals surface area contributed by atoms with Gasteiger partial charge in [0, 0.05) is 0 Å². The number of likely N-dealkylation sites (N-methyl/N-ethyl adjacent to an activating group) is 1. The largest absolute Gasteiger partial charge is 0.477 e. The fourth-order valence-corrected chi connectivity index (χ4v) is 1.91. The minimum Gasteiger partial charge on any atom is -0.477 e. The van der Waals surface area contributed by atoms with Gasteiger partial charge in [-0.3, -0.25) is 4.48 Å². The van der Waals surface area contributed by atoms with Crippen LogP contribution in [0.4, 0.5) is 5.69 Å². The molecule has 1 rings (SSSR count). The molecular weight excluding hydrogens is 190 g/mol. The summed E-state index contributed by atoms with van der Waals surface area (Å²) in [5.41, 5.74) is 1.07. The van der Waals surface area contributed by atoms with E-state index < -0.39 is 5.97 Å². The van der Waals surface area contributed by atoms with Crippen molar-refractivity contribution < 1.29 is 9.90 Å². The van der Waals surface area contributed by atoms with Crippen LogP contribution in [0.2, 0.25) is 0 Å². The first-order valence-electron chi connectivity index (χ1n) is 5.28. The molecule has 0 amide bonds. The molecule has 1 aromatic carbocycles. The van der Waals surface area contributed by atoms with E-state index in [0.717, 1.165) is 18.8 Å². The molecule has 0 aliphatic rings. The molecule has 0 aliphatic carbocycles. The lowest BCUT2D eigenvalue weighted by molar-refractivity contribution is -0.138. The quantitative estimate of drug-likeness (QED) is 0.752. The van der Waals surface area contributed by atoms with Gasteiger partial charge in [0.15, 0.2) is 6.54 Å². The third kappa shape index (κ3) is 2.57. The van der Waals surface area contributed by atoms with Crippen LogP contribution in [0, 0.1) is 0 Å². The first kappa shape index (κ1) is 11.7. The summed E-state index contributed by atoms with van der Waals surface area (Å²) in [6.07, 6.45) is 0. The number of quaternary nitrogens is 1. The fourth-order valence-electron chi connectivity index (χ4n) is 1.91. The van der Waals surface area contributed by atoms with E-state index in [4.69, 9.17) is 5.11 Å². The lowest BCUT2D eigenvalue weighted by atomic mass is 10.2. The Labute approximate surface area is 90.5 Å². The van der Waals surface area contributed by atoms with Crippen LogP contribution in [0.5, 0.6) is 0 Å². The summed E-state index contributed by atoms with van der Waals surface area (Å²) in [4.78, 5) is 10.9. The summed E-state index contributed by atoms with van der Waals surface area (Å²) in [5.74, 6) is -0.748. The molecule has 0 radical (unpaired) electrons. The van der Waals surface area contributed by atoms with Gasteiger partial charge < -0.3 is 5.11 Å². The minimum atomic E-state index is -0.748. The van der Waals surface area contributed by atoms with Gasteiger partial charge in [-0.2, -0.15) is 0 Å². The van der Waals surface area contributed by atoms with Crippen molar-refractivity contribution >= 4 is 11.7 Å². The highest BCUT2D eigenvalue weighted by molar-refractivity contribution is 5.72. The predicted octanol–water partition coefficient (Wildman–Crippen LogP) is 2.12. The van der Waals surface area contributed by atoms with Crippen LogP contribution in [0.15, 0.2) is 30.3 Å². The number of carboxylic acids is 1. The van der Waals surface area contributed by atoms with Crippen LogP contribution in [-0.4, -0.2) is 30.7 Å². The molecule has 0 heterocycles. The molecule has 15 heavy (non-hydrogen) atoms. The first-order valence-corrected chi connectivity index (χ1v) is 5.28. The maximum atomic E-state index is 10.9. The van der Waals surface area contributed by atoms with Gasteiger partial charge in [0.1, 0.15) is 5.69 Å². The monoisotopic (exact) mass is 208 g/mol. The lowest BCUT2D eigenvalue weighted by Crippen LogP contribution is -2.52. The first-order chi connectivity index (χ1) is 7.14. The van der Waals surface area contributed by atoms with Crippen LogP contribution in [0.3, 0.4) is 0 Å². The highest BCUT2D eigenvalue weighted by atomic mass is 16.4. The molecule has 0 saturated heterocycles. The summed E-state index contributed by atoms with van der Waals surface area (Å²) in [6.45, 7) is 5.80. The van der Waals surface area contributed by atoms with Crippen molar-refractivity contribution in [1.29, 1.82) is 0 Å². The molecule has 0 unspecified atom stereocenters. The average molecular weight is 208 g/mol. The molecule has 0 atom stereocenters. The van der Waals surface area contributed by atoms with Crippen molar-refractivity contribution in [2.24, 2.45) is 0 Å². The summed E-state index contributed by atoms with van der Waals surface area (Å²) in [7, 11) is 0. The maximum absolute atomic E-state index is 10.9. The van der Waals surface area contributed by atoms with Crippen LogP contribution in [-0.2, 0) is 4.79 Å². The fraction of sp³-hybridized carbons (Fsp3) is 0.417. The number of benzene rings is 1. The number of aliphatic carboxylic acids is 1. The Balaban J connectivity index is 3.05. The zero-order valence-corrected chi connectivity index (χ0v) is 9.31. The molecule has 0 saturated carbocycles. The third-order valence-corrected chi connectivity index (χ3v) is 2.95. The molecule has 3 nitrogen and oxygen atoms in total. The van der Waals surface area contributed by atoms with Crippen molar-refractivity contribution in [3.05, 3.63) is 30.3 Å². The number of hydrogen-bond donors (Lipinski definition) is 1. The summed E-state index contributed by atoms with van der Waals surface area (Å²) < 4.78 is 0.510. The van der Waals surface area contributed by atoms with Crippen molar-refractivity contribution in [2.45, 2.75) is 13.8 Å². The van der Waals surface area contributed by atoms with Gasteiger partial charge in [-0.1, -0.05) is 18.2 Å². The number of para-hydroxylation sites is 1. The zero-order valence-electron chi connectivity index (χ0n) is 9.31. The van der Waals surface area contributed by atoms with E-state index in [-0.39, 0.29) is 6.54 Å². The molecule has 1 N–H and O–H groups in total. The number of nitrogens with zero attached hydrogens (tertiary/aromatic N) is 1. The summed E-state index contributed by atoms with van der Waals surface area (Å²) in [6, 6.07) is 9.85. The standard InChI is InChI=1S/C12H17NO2/c1-3-13(4-2,10-12(14)15)11-8-6-5-7-9-11/h5-9H,3-4,10H2,1-2H3/p+1. The number of rotatable bonds is 5. The van der Waals surface area contributed by atoms with Gasteiger partial charge in [0.05, 0.1) is 13.1 Å². The summed E-state index contributed by atoms with van der Waals surface area (Å²) in [5, 5.41) is 8.96. The van der Waals surface area contributed by atoms with E-state index in [0.29, 0.717) is 4.48 Å². The van der Waals surface area contributed by atoms with Crippen molar-refractivity contribution in [3.8, 4) is 0 Å². The number of carboxylic acid groups (broad SMARTS) is 1. The Morgan fingerprint density at radius 3 is 2.13 bits per heavy atom. The Morgan fingerprint density at radius 2 is 1.73 bits per heavy atom. The Bertz CT molecular complexity index is 318. The van der Waals surface area contributed by atoms with E-state index in [9.17, 15) is 4.79 Å². The Morgan fingerprint density at radius 1 is 1.20 bits per heavy atom. The normalized spacial score (nSPS) is 11.3. The molecule has 0 fully saturated rings. The van der Waals surface area contributed by atoms with Gasteiger partial charge in [0.25, 0.3) is 0 Å². The number of carbonyl (C=O) groups is 1. The van der Waals surface area contributed by atoms with Crippen molar-refractivity contribution in [2.75, 3.05) is 19.6 Å². The van der Waals surface area contributed by atoms with Crippen LogP contribution in [0.1, 0.15) is 13.8 Å². The van der Waals surface area contributed by atoms with Crippen LogP contribution >= 0.6 is 0 Å². The van der Waals surface area contributed by atoms with Gasteiger partial charge >= 0.3 is 5.97 Å². The second kappa shape index (κ2) is 4.94. The van der Waals surface area contributed by atoms with E-state index in [1.165, 1.54) is 0 Å². The highest BCUT2D eigenvalue weighted by Crippen LogP contribution is 2.21. The lowest BCUT2D eigenvalue weighted by Gasteiger charge is -2.34. The van der Waals surface area contributed by atoms with E-state index in [1.807, 2.05) is 44.2 Å². The Hall–Kier alpha value is -1.35. The smallest absolute Gasteiger partial charge is 0.359 e. The Kier molecular flexibility index (Phi) is 3.86. The van der Waals surface area contributed by atoms with Gasteiger partial charge in [-0.15, -0.1) is 0 Å². The summed E-state index contributed by atoms with van der Waals surface area (Å²) >= 11 is 0. The molecule has 1 aromatic rings. The maximum Gasteiger partial charge on any atom is 0.359 e. The van der Waals surface area contributed by atoms with E-state index in [2.05, 4.69) is 0 Å². The average Bonchev–Trinajstić information content (AvgIpc) is 2.27. The zero-order chi connectivity index (χ0) is 11.3. The predicted molar refractivity (Wildman–Crippen MR) is 61.8 cm³/mol. The van der Waals surface area contributed by atoms with Crippen LogP contribution < -0.4 is 4.48 Å². The van der Waals surface area contributed by atoms with Gasteiger partial charge in [0.2, 0.25) is 0 Å². The minimum absolute atomic E-state index is 0.150. The molecule has 0 bridgehead atoms. The second-order valence-electron chi connectivity index (χ2n) is 3.67. The SMILES string of the molecule is CC[N+](CC)(CC(=O)O)c1ccccc1. The molecule has 0 aliphatic heterocycles. The van der Waals surface area contributed by atoms with Gasteiger partial charge in [-0.25, -0.2) is 4.79 Å². The highest BCUT2D eigenvalue weighted by Gasteiger charge is 2.29. The molecule has 3 heteroatoms.